The zero-order valence-corrected chi connectivity index (χ0v) is 17.8. The Morgan fingerprint density at radius 1 is 1.04 bits per heavy atom. The maximum atomic E-state index is 12.3. The predicted octanol–water partition coefficient (Wildman–Crippen LogP) is 2.63. The van der Waals surface area contributed by atoms with Crippen molar-refractivity contribution < 1.29 is 24.2 Å². The molecule has 0 saturated heterocycles. The van der Waals surface area contributed by atoms with E-state index in [0.717, 1.165) is 12.8 Å². The van der Waals surface area contributed by atoms with Crippen LogP contribution in [-0.2, 0) is 9.47 Å². The molecular formula is C19H39N3O5. The summed E-state index contributed by atoms with van der Waals surface area (Å²) >= 11 is 0. The van der Waals surface area contributed by atoms with Gasteiger partial charge in [0.05, 0.1) is 0 Å². The fraction of sp³-hybridized carbons (Fsp3) is 0.895. The number of alkyl carbamates (subject to hydrolysis) is 1. The SMILES string of the molecule is CC(C)(C)OC(=O)NCCCC[C@H](N)CN(CCCO)C(=O)OC(C)(C)C. The summed E-state index contributed by atoms with van der Waals surface area (Å²) in [7, 11) is 0. The molecule has 0 aliphatic heterocycles. The molecule has 0 heterocycles. The first-order valence-corrected chi connectivity index (χ1v) is 9.65. The van der Waals surface area contributed by atoms with E-state index in [-0.39, 0.29) is 12.6 Å². The van der Waals surface area contributed by atoms with Crippen molar-refractivity contribution >= 4 is 12.2 Å². The molecular weight excluding hydrogens is 350 g/mol. The van der Waals surface area contributed by atoms with Crippen LogP contribution in [0.15, 0.2) is 0 Å². The summed E-state index contributed by atoms with van der Waals surface area (Å²) in [5.74, 6) is 0. The zero-order valence-electron chi connectivity index (χ0n) is 17.8. The van der Waals surface area contributed by atoms with Gasteiger partial charge in [-0.3, -0.25) is 0 Å². The summed E-state index contributed by atoms with van der Waals surface area (Å²) in [5, 5.41) is 11.7. The Morgan fingerprint density at radius 3 is 2.15 bits per heavy atom. The number of amides is 2. The molecule has 8 nitrogen and oxygen atoms in total. The number of nitrogens with two attached hydrogens (primary N) is 1. The van der Waals surface area contributed by atoms with E-state index in [0.29, 0.717) is 32.5 Å². The number of ether oxygens (including phenoxy) is 2. The molecule has 0 rings (SSSR count). The largest absolute Gasteiger partial charge is 0.444 e. The third-order valence-electron chi connectivity index (χ3n) is 3.36. The van der Waals surface area contributed by atoms with Crippen molar-refractivity contribution in [2.45, 2.75) is 84.5 Å². The summed E-state index contributed by atoms with van der Waals surface area (Å²) in [5.41, 5.74) is 5.06. The van der Waals surface area contributed by atoms with Gasteiger partial charge in [0.2, 0.25) is 0 Å². The van der Waals surface area contributed by atoms with E-state index in [1.807, 2.05) is 41.5 Å². The van der Waals surface area contributed by atoms with Gasteiger partial charge in [-0.1, -0.05) is 6.42 Å². The van der Waals surface area contributed by atoms with Crippen molar-refractivity contribution in [2.24, 2.45) is 5.73 Å². The first kappa shape index (κ1) is 25.5. The van der Waals surface area contributed by atoms with Crippen LogP contribution in [-0.4, -0.2) is 65.7 Å². The molecule has 0 spiro atoms. The van der Waals surface area contributed by atoms with E-state index in [9.17, 15) is 9.59 Å². The second-order valence-electron chi connectivity index (χ2n) is 8.69. The van der Waals surface area contributed by atoms with E-state index in [4.69, 9.17) is 20.3 Å². The highest BCUT2D eigenvalue weighted by atomic mass is 16.6. The van der Waals surface area contributed by atoms with E-state index >= 15 is 0 Å². The van der Waals surface area contributed by atoms with Crippen LogP contribution in [0.2, 0.25) is 0 Å². The highest BCUT2D eigenvalue weighted by Crippen LogP contribution is 2.11. The molecule has 1 atom stereocenters. The number of hydrogen-bond donors (Lipinski definition) is 3. The minimum atomic E-state index is -0.577. The number of hydrogen-bond acceptors (Lipinski definition) is 6. The third-order valence-corrected chi connectivity index (χ3v) is 3.36. The Kier molecular flexibility index (Phi) is 11.3. The van der Waals surface area contributed by atoms with Crippen molar-refractivity contribution in [3.05, 3.63) is 0 Å². The molecule has 0 aliphatic carbocycles. The van der Waals surface area contributed by atoms with E-state index in [1.165, 1.54) is 0 Å². The lowest BCUT2D eigenvalue weighted by Crippen LogP contribution is -2.44. The van der Waals surface area contributed by atoms with Crippen molar-refractivity contribution in [2.75, 3.05) is 26.2 Å². The van der Waals surface area contributed by atoms with Gasteiger partial charge in [-0.15, -0.1) is 0 Å². The average molecular weight is 390 g/mol. The normalized spacial score (nSPS) is 13.0. The fourth-order valence-electron chi connectivity index (χ4n) is 2.26. The molecule has 27 heavy (non-hydrogen) atoms. The molecule has 0 radical (unpaired) electrons. The molecule has 0 aromatic heterocycles. The van der Waals surface area contributed by atoms with Crippen molar-refractivity contribution in [1.29, 1.82) is 0 Å². The van der Waals surface area contributed by atoms with Gasteiger partial charge in [0.25, 0.3) is 0 Å². The molecule has 0 bridgehead atoms. The topological polar surface area (TPSA) is 114 Å². The van der Waals surface area contributed by atoms with Gasteiger partial charge >= 0.3 is 12.2 Å². The quantitative estimate of drug-likeness (QED) is 0.495. The van der Waals surface area contributed by atoms with Crippen LogP contribution in [0.4, 0.5) is 9.59 Å². The molecule has 0 saturated carbocycles. The van der Waals surface area contributed by atoms with Gasteiger partial charge in [0, 0.05) is 32.3 Å². The number of nitrogens with zero attached hydrogens (tertiary/aromatic N) is 1. The third kappa shape index (κ3) is 15.2. The second-order valence-corrected chi connectivity index (χ2v) is 8.69. The number of rotatable bonds is 10. The number of nitrogens with one attached hydrogen (secondary N) is 1. The van der Waals surface area contributed by atoms with Crippen LogP contribution in [0.25, 0.3) is 0 Å². The highest BCUT2D eigenvalue weighted by Gasteiger charge is 2.23. The number of aliphatic hydroxyl groups is 1. The molecule has 8 heteroatoms. The minimum absolute atomic E-state index is 0.00483. The monoisotopic (exact) mass is 389 g/mol. The van der Waals surface area contributed by atoms with E-state index in [1.54, 1.807) is 4.90 Å². The van der Waals surface area contributed by atoms with Gasteiger partial charge in [0.1, 0.15) is 11.2 Å². The van der Waals surface area contributed by atoms with E-state index in [2.05, 4.69) is 5.32 Å². The van der Waals surface area contributed by atoms with Crippen LogP contribution < -0.4 is 11.1 Å². The molecule has 0 aromatic carbocycles. The van der Waals surface area contributed by atoms with E-state index < -0.39 is 23.4 Å². The van der Waals surface area contributed by atoms with Crippen LogP contribution >= 0.6 is 0 Å². The summed E-state index contributed by atoms with van der Waals surface area (Å²) in [6.45, 7) is 12.2. The Bertz CT molecular complexity index is 444. The summed E-state index contributed by atoms with van der Waals surface area (Å²) < 4.78 is 10.6. The molecule has 0 aromatic rings. The lowest BCUT2D eigenvalue weighted by molar-refractivity contribution is 0.0226. The predicted molar refractivity (Wildman–Crippen MR) is 106 cm³/mol. The first-order chi connectivity index (χ1) is 12.3. The van der Waals surface area contributed by atoms with Gasteiger partial charge in [-0.05, 0) is 60.8 Å². The van der Waals surface area contributed by atoms with Crippen LogP contribution in [0.1, 0.15) is 67.2 Å². The number of unbranched alkanes of at least 4 members (excludes halogenated alkanes) is 1. The van der Waals surface area contributed by atoms with Crippen LogP contribution in [0, 0.1) is 0 Å². The fourth-order valence-corrected chi connectivity index (χ4v) is 2.26. The van der Waals surface area contributed by atoms with Crippen LogP contribution in [0.3, 0.4) is 0 Å². The minimum Gasteiger partial charge on any atom is -0.444 e. The molecule has 0 fully saturated rings. The lowest BCUT2D eigenvalue weighted by Gasteiger charge is -2.29. The maximum Gasteiger partial charge on any atom is 0.410 e. The van der Waals surface area contributed by atoms with Crippen molar-refractivity contribution in [3.63, 3.8) is 0 Å². The molecule has 0 aliphatic rings. The van der Waals surface area contributed by atoms with Crippen molar-refractivity contribution in [1.82, 2.24) is 10.2 Å². The highest BCUT2D eigenvalue weighted by molar-refractivity contribution is 5.68. The summed E-state index contributed by atoms with van der Waals surface area (Å²) in [4.78, 5) is 25.4. The molecule has 160 valence electrons. The Balaban J connectivity index is 4.20. The maximum absolute atomic E-state index is 12.3. The first-order valence-electron chi connectivity index (χ1n) is 9.65. The Morgan fingerprint density at radius 2 is 1.63 bits per heavy atom. The Labute approximate surface area is 163 Å². The lowest BCUT2D eigenvalue weighted by atomic mass is 10.1. The Hall–Kier alpha value is -1.54. The zero-order chi connectivity index (χ0) is 21.1. The molecule has 2 amide bonds. The molecule has 0 unspecified atom stereocenters. The standard InChI is InChI=1S/C19H39N3O5/c1-18(2,3)26-16(24)21-11-8-7-10-15(20)14-22(12-9-13-23)17(25)27-19(4,5)6/h15,23H,7-14,20H2,1-6H3,(H,21,24)/t15-/m0/s1. The second kappa shape index (κ2) is 12.0. The number of aliphatic hydroxyl groups excluding tert-OH is 1. The van der Waals surface area contributed by atoms with Gasteiger partial charge in [-0.25, -0.2) is 9.59 Å². The van der Waals surface area contributed by atoms with Crippen molar-refractivity contribution in [3.8, 4) is 0 Å². The number of carbonyl (C=O) groups is 2. The summed E-state index contributed by atoms with van der Waals surface area (Å²) in [6.07, 6.45) is 1.94. The van der Waals surface area contributed by atoms with Gasteiger partial charge in [-0.2, -0.15) is 0 Å². The number of carbonyl (C=O) groups excluding carboxylic acids is 2. The smallest absolute Gasteiger partial charge is 0.410 e. The van der Waals surface area contributed by atoms with Crippen LogP contribution in [0.5, 0.6) is 0 Å². The molecule has 4 N–H and O–H groups in total. The van der Waals surface area contributed by atoms with Gasteiger partial charge < -0.3 is 30.5 Å². The summed E-state index contributed by atoms with van der Waals surface area (Å²) in [6, 6.07) is -0.197. The average Bonchev–Trinajstić information content (AvgIpc) is 2.47. The van der Waals surface area contributed by atoms with Gasteiger partial charge in [0.15, 0.2) is 0 Å².